The number of para-hydroxylation sites is 1. The van der Waals surface area contributed by atoms with Crippen LogP contribution in [0.1, 0.15) is 57.4 Å². The molecule has 218 valence electrons. The monoisotopic (exact) mass is 558 g/mol. The minimum atomic E-state index is -0.953. The molecule has 4 atom stereocenters. The standard InChI is InChI=1S/C29H38N2O9/c1-18(2)16-36-24-13-9-12-22(29(34)39-19(3)26(24)40-21-10-7-6-8-11-21)31-28(33)25-27(38-17-37-20(4)32)23(35-5)14-15-30-25/h6-8,10-11,14-15,18-19,22,24,26H,9,12-13,16-17H2,1-5H3,(H,31,33)/t19-,22-,24-,26?/m0/s1. The minimum absolute atomic E-state index is 0.0213. The smallest absolute Gasteiger partial charge is 0.329 e. The van der Waals surface area contributed by atoms with Crippen LogP contribution in [0.15, 0.2) is 42.6 Å². The molecule has 1 saturated heterocycles. The van der Waals surface area contributed by atoms with Gasteiger partial charge in [-0.25, -0.2) is 9.78 Å². The zero-order chi connectivity index (χ0) is 29.1. The molecule has 0 bridgehead atoms. The molecule has 0 saturated carbocycles. The van der Waals surface area contributed by atoms with E-state index >= 15 is 0 Å². The lowest BCUT2D eigenvalue weighted by molar-refractivity contribution is -0.159. The van der Waals surface area contributed by atoms with E-state index in [0.717, 1.165) is 0 Å². The van der Waals surface area contributed by atoms with Crippen molar-refractivity contribution < 1.29 is 42.8 Å². The Labute approximate surface area is 234 Å². The Bertz CT molecular complexity index is 1130. The van der Waals surface area contributed by atoms with E-state index in [4.69, 9.17) is 28.4 Å². The molecule has 11 nitrogen and oxygen atoms in total. The summed E-state index contributed by atoms with van der Waals surface area (Å²) < 4.78 is 33.9. The van der Waals surface area contributed by atoms with Gasteiger partial charge in [0, 0.05) is 25.8 Å². The Hall–Kier alpha value is -3.86. The van der Waals surface area contributed by atoms with E-state index < -0.39 is 42.9 Å². The number of hydrogen-bond acceptors (Lipinski definition) is 10. The lowest BCUT2D eigenvalue weighted by Gasteiger charge is -2.32. The lowest BCUT2D eigenvalue weighted by atomic mass is 10.0. The summed E-state index contributed by atoms with van der Waals surface area (Å²) in [5.41, 5.74) is -0.129. The molecule has 0 aliphatic carbocycles. The predicted octanol–water partition coefficient (Wildman–Crippen LogP) is 3.69. The topological polar surface area (TPSA) is 132 Å². The molecule has 1 fully saturated rings. The Morgan fingerprint density at radius 2 is 1.90 bits per heavy atom. The third-order valence-electron chi connectivity index (χ3n) is 6.13. The van der Waals surface area contributed by atoms with Crippen molar-refractivity contribution in [3.63, 3.8) is 0 Å². The summed E-state index contributed by atoms with van der Waals surface area (Å²) in [6, 6.07) is 9.85. The van der Waals surface area contributed by atoms with Crippen molar-refractivity contribution in [1.82, 2.24) is 10.3 Å². The van der Waals surface area contributed by atoms with Gasteiger partial charge in [0.2, 0.25) is 6.79 Å². The number of carbonyl (C=O) groups is 3. The lowest BCUT2D eigenvalue weighted by Crippen LogP contribution is -2.47. The van der Waals surface area contributed by atoms with E-state index in [1.807, 2.05) is 30.3 Å². The number of esters is 2. The van der Waals surface area contributed by atoms with E-state index in [9.17, 15) is 14.4 Å². The number of aromatic nitrogens is 1. The molecule has 3 rings (SSSR count). The molecular formula is C29H38N2O9. The Balaban J connectivity index is 1.79. The highest BCUT2D eigenvalue weighted by Gasteiger charge is 2.37. The van der Waals surface area contributed by atoms with Gasteiger partial charge in [0.1, 0.15) is 17.9 Å². The van der Waals surface area contributed by atoms with Crippen molar-refractivity contribution in [3.8, 4) is 17.2 Å². The van der Waals surface area contributed by atoms with E-state index in [1.165, 1.54) is 26.3 Å². The fraction of sp³-hybridized carbons (Fsp3) is 0.517. The molecule has 1 aromatic heterocycles. The summed E-state index contributed by atoms with van der Waals surface area (Å²) in [7, 11) is 1.40. The molecule has 1 amide bonds. The zero-order valence-electron chi connectivity index (χ0n) is 23.6. The number of amides is 1. The van der Waals surface area contributed by atoms with Crippen LogP contribution in [-0.2, 0) is 23.8 Å². The number of nitrogens with zero attached hydrogens (tertiary/aromatic N) is 1. The van der Waals surface area contributed by atoms with Gasteiger partial charge in [0.15, 0.2) is 23.3 Å². The number of rotatable bonds is 11. The Morgan fingerprint density at radius 3 is 2.58 bits per heavy atom. The highest BCUT2D eigenvalue weighted by atomic mass is 16.7. The van der Waals surface area contributed by atoms with Crippen LogP contribution < -0.4 is 19.5 Å². The van der Waals surface area contributed by atoms with E-state index in [0.29, 0.717) is 37.5 Å². The van der Waals surface area contributed by atoms with Gasteiger partial charge in [-0.1, -0.05) is 32.0 Å². The number of methoxy groups -OCH3 is 1. The molecule has 40 heavy (non-hydrogen) atoms. The van der Waals surface area contributed by atoms with Crippen molar-refractivity contribution in [1.29, 1.82) is 0 Å². The highest BCUT2D eigenvalue weighted by Crippen LogP contribution is 2.30. The van der Waals surface area contributed by atoms with Gasteiger partial charge in [-0.05, 0) is 44.2 Å². The van der Waals surface area contributed by atoms with E-state index in [2.05, 4.69) is 24.1 Å². The predicted molar refractivity (Wildman–Crippen MR) is 144 cm³/mol. The molecule has 1 aliphatic heterocycles. The van der Waals surface area contributed by atoms with E-state index in [-0.39, 0.29) is 23.3 Å². The highest BCUT2D eigenvalue weighted by molar-refractivity contribution is 5.98. The Morgan fingerprint density at radius 1 is 1.15 bits per heavy atom. The second kappa shape index (κ2) is 15.1. The molecule has 0 radical (unpaired) electrons. The van der Waals surface area contributed by atoms with Gasteiger partial charge in [-0.2, -0.15) is 0 Å². The molecule has 1 aromatic carbocycles. The molecule has 2 aromatic rings. The number of nitrogens with one attached hydrogen (secondary N) is 1. The summed E-state index contributed by atoms with van der Waals surface area (Å²) >= 11 is 0. The van der Waals surface area contributed by atoms with Crippen LogP contribution in [-0.4, -0.2) is 67.7 Å². The quantitative estimate of drug-likeness (QED) is 0.322. The minimum Gasteiger partial charge on any atom is -0.493 e. The first-order valence-electron chi connectivity index (χ1n) is 13.3. The van der Waals surface area contributed by atoms with Crippen LogP contribution >= 0.6 is 0 Å². The summed E-state index contributed by atoms with van der Waals surface area (Å²) in [5, 5.41) is 2.72. The van der Waals surface area contributed by atoms with Crippen LogP contribution in [0.3, 0.4) is 0 Å². The molecule has 1 aliphatic rings. The average molecular weight is 559 g/mol. The van der Waals surface area contributed by atoms with Gasteiger partial charge in [-0.3, -0.25) is 9.59 Å². The number of cyclic esters (lactones) is 1. The van der Waals surface area contributed by atoms with Crippen molar-refractivity contribution in [2.24, 2.45) is 5.92 Å². The summed E-state index contributed by atoms with van der Waals surface area (Å²) in [5.74, 6) is -0.685. The first-order valence-corrected chi connectivity index (χ1v) is 13.3. The summed E-state index contributed by atoms with van der Waals surface area (Å²) in [4.78, 5) is 41.8. The van der Waals surface area contributed by atoms with Gasteiger partial charge in [0.25, 0.3) is 5.91 Å². The van der Waals surface area contributed by atoms with Crippen molar-refractivity contribution >= 4 is 17.8 Å². The maximum absolute atomic E-state index is 13.3. The van der Waals surface area contributed by atoms with E-state index in [1.54, 1.807) is 6.92 Å². The third kappa shape index (κ3) is 8.84. The normalized spacial score (nSPS) is 21.3. The first kappa shape index (κ1) is 30.7. The van der Waals surface area contributed by atoms with Crippen molar-refractivity contribution in [2.75, 3.05) is 20.5 Å². The molecule has 1 N–H and O–H groups in total. The largest absolute Gasteiger partial charge is 0.493 e. The van der Waals surface area contributed by atoms with Gasteiger partial charge < -0.3 is 33.7 Å². The second-order valence-corrected chi connectivity index (χ2v) is 9.85. The molecule has 11 heteroatoms. The van der Waals surface area contributed by atoms with Crippen LogP contribution in [0.4, 0.5) is 0 Å². The molecule has 2 heterocycles. The molecule has 1 unspecified atom stereocenters. The van der Waals surface area contributed by atoms with Gasteiger partial charge in [-0.15, -0.1) is 0 Å². The number of carbonyl (C=O) groups excluding carboxylic acids is 3. The number of hydrogen-bond donors (Lipinski definition) is 1. The maximum Gasteiger partial charge on any atom is 0.329 e. The summed E-state index contributed by atoms with van der Waals surface area (Å²) in [6.07, 6.45) is 1.28. The average Bonchev–Trinajstić information content (AvgIpc) is 2.97. The van der Waals surface area contributed by atoms with Crippen molar-refractivity contribution in [2.45, 2.75) is 71.3 Å². The maximum atomic E-state index is 13.3. The SMILES string of the molecule is COc1ccnc(C(=O)N[C@H]2CCC[C@H](OCC(C)C)C(Oc3ccccc3)[C@H](C)OC2=O)c1OCOC(C)=O. The fourth-order valence-corrected chi connectivity index (χ4v) is 4.18. The zero-order valence-corrected chi connectivity index (χ0v) is 23.6. The van der Waals surface area contributed by atoms with Crippen LogP contribution in [0.2, 0.25) is 0 Å². The van der Waals surface area contributed by atoms with Crippen molar-refractivity contribution in [3.05, 3.63) is 48.3 Å². The van der Waals surface area contributed by atoms with Crippen LogP contribution in [0.25, 0.3) is 0 Å². The first-order chi connectivity index (χ1) is 19.2. The van der Waals surface area contributed by atoms with Gasteiger partial charge in [0.05, 0.1) is 13.2 Å². The fourth-order valence-electron chi connectivity index (χ4n) is 4.18. The molecule has 0 spiro atoms. The van der Waals surface area contributed by atoms with Crippen LogP contribution in [0.5, 0.6) is 17.2 Å². The second-order valence-electron chi connectivity index (χ2n) is 9.85. The summed E-state index contributed by atoms with van der Waals surface area (Å²) in [6.45, 7) is 7.20. The third-order valence-corrected chi connectivity index (χ3v) is 6.13. The Kier molecular flexibility index (Phi) is 11.6. The number of pyridine rings is 1. The van der Waals surface area contributed by atoms with Crippen LogP contribution in [0, 0.1) is 5.92 Å². The van der Waals surface area contributed by atoms with Gasteiger partial charge >= 0.3 is 11.9 Å². The number of benzene rings is 1. The molecular weight excluding hydrogens is 520 g/mol. The number of ether oxygens (including phenoxy) is 6.